The van der Waals surface area contributed by atoms with Gasteiger partial charge in [-0.2, -0.15) is 4.98 Å². The summed E-state index contributed by atoms with van der Waals surface area (Å²) in [6.45, 7) is 0. The van der Waals surface area contributed by atoms with Crippen molar-refractivity contribution in [2.45, 2.75) is 12.8 Å². The first-order valence-electron chi connectivity index (χ1n) is 4.63. The predicted molar refractivity (Wildman–Crippen MR) is 50.2 cm³/mol. The zero-order valence-electron chi connectivity index (χ0n) is 8.44. The monoisotopic (exact) mass is 244 g/mol. The molecule has 0 saturated carbocycles. The second kappa shape index (κ2) is 4.44. The third-order valence-corrected chi connectivity index (χ3v) is 1.95. The van der Waals surface area contributed by atoms with E-state index in [1.165, 1.54) is 18.2 Å². The van der Waals surface area contributed by atoms with Crippen molar-refractivity contribution in [2.24, 2.45) is 0 Å². The summed E-state index contributed by atoms with van der Waals surface area (Å²) in [4.78, 5) is 3.73. The Hall–Kier alpha value is -2.05. The molecule has 0 saturated heterocycles. The molecule has 0 unspecified atom stereocenters. The first-order valence-corrected chi connectivity index (χ1v) is 4.63. The molecule has 90 valence electrons. The van der Waals surface area contributed by atoms with Crippen LogP contribution in [0.5, 0.6) is 5.75 Å². The van der Waals surface area contributed by atoms with E-state index in [9.17, 15) is 13.2 Å². The molecule has 0 aliphatic carbocycles. The molecule has 1 heterocycles. The molecule has 2 aromatic rings. The SMILES string of the molecule is FC(F)(F)Oc1ccccc1Cc1ncon1. The maximum Gasteiger partial charge on any atom is 0.573 e. The summed E-state index contributed by atoms with van der Waals surface area (Å²) >= 11 is 0. The van der Waals surface area contributed by atoms with Crippen molar-refractivity contribution in [1.29, 1.82) is 0 Å². The second-order valence-electron chi connectivity index (χ2n) is 3.18. The van der Waals surface area contributed by atoms with Gasteiger partial charge >= 0.3 is 6.36 Å². The van der Waals surface area contributed by atoms with Gasteiger partial charge in [0.15, 0.2) is 5.82 Å². The highest BCUT2D eigenvalue weighted by atomic mass is 19.4. The Balaban J connectivity index is 2.22. The highest BCUT2D eigenvalue weighted by Crippen LogP contribution is 2.27. The molecule has 17 heavy (non-hydrogen) atoms. The van der Waals surface area contributed by atoms with Crippen molar-refractivity contribution in [3.63, 3.8) is 0 Å². The van der Waals surface area contributed by atoms with E-state index >= 15 is 0 Å². The van der Waals surface area contributed by atoms with E-state index in [1.54, 1.807) is 6.07 Å². The number of hydrogen-bond donors (Lipinski definition) is 0. The van der Waals surface area contributed by atoms with Crippen molar-refractivity contribution in [2.75, 3.05) is 0 Å². The van der Waals surface area contributed by atoms with E-state index in [4.69, 9.17) is 0 Å². The van der Waals surface area contributed by atoms with Crippen LogP contribution in [0.15, 0.2) is 35.2 Å². The van der Waals surface area contributed by atoms with Crippen LogP contribution in [0.1, 0.15) is 11.4 Å². The molecule has 0 fully saturated rings. The molecule has 0 spiro atoms. The molecular weight excluding hydrogens is 237 g/mol. The molecular formula is C10H7F3N2O2. The third kappa shape index (κ3) is 3.20. The molecule has 2 rings (SSSR count). The normalized spacial score (nSPS) is 11.5. The largest absolute Gasteiger partial charge is 0.573 e. The van der Waals surface area contributed by atoms with E-state index in [2.05, 4.69) is 19.4 Å². The summed E-state index contributed by atoms with van der Waals surface area (Å²) in [5.41, 5.74) is 0.339. The fourth-order valence-electron chi connectivity index (χ4n) is 1.31. The van der Waals surface area contributed by atoms with E-state index in [0.717, 1.165) is 6.39 Å². The Morgan fingerprint density at radius 1 is 1.24 bits per heavy atom. The van der Waals surface area contributed by atoms with Crippen LogP contribution in [0.25, 0.3) is 0 Å². The molecule has 0 atom stereocenters. The summed E-state index contributed by atoms with van der Waals surface area (Å²) in [6, 6.07) is 5.82. The Kier molecular flexibility index (Phi) is 2.99. The molecule has 1 aromatic carbocycles. The fourth-order valence-corrected chi connectivity index (χ4v) is 1.31. The number of aromatic nitrogens is 2. The molecule has 4 nitrogen and oxygen atoms in total. The zero-order chi connectivity index (χ0) is 12.3. The van der Waals surface area contributed by atoms with Crippen LogP contribution in [0.2, 0.25) is 0 Å². The van der Waals surface area contributed by atoms with E-state index < -0.39 is 6.36 Å². The molecule has 0 radical (unpaired) electrons. The van der Waals surface area contributed by atoms with Crippen molar-refractivity contribution in [3.05, 3.63) is 42.0 Å². The maximum atomic E-state index is 12.1. The molecule has 0 N–H and O–H groups in total. The minimum Gasteiger partial charge on any atom is -0.405 e. The lowest BCUT2D eigenvalue weighted by molar-refractivity contribution is -0.274. The number of halogens is 3. The average molecular weight is 244 g/mol. The van der Waals surface area contributed by atoms with Gasteiger partial charge in [0, 0.05) is 12.0 Å². The minimum atomic E-state index is -4.71. The summed E-state index contributed by atoms with van der Waals surface area (Å²) in [5.74, 6) is 0.0352. The van der Waals surface area contributed by atoms with Crippen LogP contribution >= 0.6 is 0 Å². The van der Waals surface area contributed by atoms with Crippen molar-refractivity contribution in [3.8, 4) is 5.75 Å². The lowest BCUT2D eigenvalue weighted by Crippen LogP contribution is -2.18. The Bertz CT molecular complexity index is 483. The van der Waals surface area contributed by atoms with E-state index in [0.29, 0.717) is 11.4 Å². The van der Waals surface area contributed by atoms with Gasteiger partial charge in [0.1, 0.15) is 5.75 Å². The molecule has 0 aliphatic heterocycles. The van der Waals surface area contributed by atoms with Crippen LogP contribution in [0.4, 0.5) is 13.2 Å². The smallest absolute Gasteiger partial charge is 0.405 e. The molecule has 1 aromatic heterocycles. The number of alkyl halides is 3. The van der Waals surface area contributed by atoms with Crippen LogP contribution in [-0.2, 0) is 6.42 Å². The van der Waals surface area contributed by atoms with Gasteiger partial charge in [-0.3, -0.25) is 0 Å². The lowest BCUT2D eigenvalue weighted by atomic mass is 10.1. The number of hydrogen-bond acceptors (Lipinski definition) is 4. The molecule has 0 bridgehead atoms. The van der Waals surface area contributed by atoms with E-state index in [1.807, 2.05) is 0 Å². The van der Waals surface area contributed by atoms with E-state index in [-0.39, 0.29) is 12.2 Å². The second-order valence-corrected chi connectivity index (χ2v) is 3.18. The number of ether oxygens (including phenoxy) is 1. The third-order valence-electron chi connectivity index (χ3n) is 1.95. The Labute approximate surface area is 94.0 Å². The quantitative estimate of drug-likeness (QED) is 0.832. The summed E-state index contributed by atoms with van der Waals surface area (Å²) in [5, 5.41) is 3.53. The highest BCUT2D eigenvalue weighted by Gasteiger charge is 2.32. The zero-order valence-corrected chi connectivity index (χ0v) is 8.44. The Morgan fingerprint density at radius 3 is 2.65 bits per heavy atom. The lowest BCUT2D eigenvalue weighted by Gasteiger charge is -2.11. The van der Waals surface area contributed by atoms with Crippen molar-refractivity contribution in [1.82, 2.24) is 10.1 Å². The molecule has 0 aliphatic rings. The highest BCUT2D eigenvalue weighted by molar-refractivity contribution is 5.35. The van der Waals surface area contributed by atoms with Gasteiger partial charge in [0.05, 0.1) is 0 Å². The first-order chi connectivity index (χ1) is 8.04. The number of nitrogens with zero attached hydrogens (tertiary/aromatic N) is 2. The molecule has 7 heteroatoms. The molecule has 0 amide bonds. The summed E-state index contributed by atoms with van der Waals surface area (Å²) in [6.07, 6.45) is -3.49. The summed E-state index contributed by atoms with van der Waals surface area (Å²) in [7, 11) is 0. The van der Waals surface area contributed by atoms with Gasteiger partial charge in [0.25, 0.3) is 0 Å². The van der Waals surface area contributed by atoms with Gasteiger partial charge in [-0.25, -0.2) is 0 Å². The minimum absolute atomic E-state index is 0.114. The van der Waals surface area contributed by atoms with Crippen LogP contribution in [0.3, 0.4) is 0 Å². The van der Waals surface area contributed by atoms with Crippen molar-refractivity contribution < 1.29 is 22.4 Å². The fraction of sp³-hybridized carbons (Fsp3) is 0.200. The van der Waals surface area contributed by atoms with Crippen molar-refractivity contribution >= 4 is 0 Å². The number of para-hydroxylation sites is 1. The Morgan fingerprint density at radius 2 is 2.00 bits per heavy atom. The summed E-state index contributed by atoms with van der Waals surface area (Å²) < 4.78 is 44.8. The first kappa shape index (κ1) is 11.4. The van der Waals surface area contributed by atoms with Crippen LogP contribution in [0, 0.1) is 0 Å². The van der Waals surface area contributed by atoms with Crippen LogP contribution < -0.4 is 4.74 Å². The number of benzene rings is 1. The predicted octanol–water partition coefficient (Wildman–Crippen LogP) is 2.56. The van der Waals surface area contributed by atoms with Gasteiger partial charge in [-0.1, -0.05) is 23.4 Å². The average Bonchev–Trinajstić information content (AvgIpc) is 2.71. The van der Waals surface area contributed by atoms with Gasteiger partial charge in [0.2, 0.25) is 6.39 Å². The topological polar surface area (TPSA) is 48.2 Å². The van der Waals surface area contributed by atoms with Gasteiger partial charge in [-0.15, -0.1) is 13.2 Å². The van der Waals surface area contributed by atoms with Crippen LogP contribution in [-0.4, -0.2) is 16.5 Å². The number of rotatable bonds is 3. The maximum absolute atomic E-state index is 12.1. The van der Waals surface area contributed by atoms with Gasteiger partial charge in [-0.05, 0) is 6.07 Å². The van der Waals surface area contributed by atoms with Gasteiger partial charge < -0.3 is 9.26 Å². The standard InChI is InChI=1S/C10H7F3N2O2/c11-10(12,13)17-8-4-2-1-3-7(8)5-9-14-6-16-15-9/h1-4,6H,5H2.